The quantitative estimate of drug-likeness (QED) is 0.651. The van der Waals surface area contributed by atoms with Gasteiger partial charge in [0.25, 0.3) is 5.91 Å². The molecule has 8 heteroatoms. The van der Waals surface area contributed by atoms with E-state index in [2.05, 4.69) is 27.5 Å². The van der Waals surface area contributed by atoms with Crippen LogP contribution in [0.2, 0.25) is 0 Å². The monoisotopic (exact) mass is 374 g/mol. The molecule has 2 aromatic rings. The third-order valence-electron chi connectivity index (χ3n) is 3.82. The molecule has 1 aromatic carbocycles. The van der Waals surface area contributed by atoms with Gasteiger partial charge in [-0.2, -0.15) is 0 Å². The molecule has 0 atom stereocenters. The molecule has 0 saturated heterocycles. The molecule has 1 heterocycles. The first-order valence-electron chi connectivity index (χ1n) is 8.73. The standard InChI is InChI=1S/C19H26N4O4/c1-6-7-8-20-18(24)14-9-12(2)21-19(23-14)22-13-10-15(25-3)17(27-5)16(11-13)26-4/h9-11H,6-8H2,1-5H3,(H,20,24)(H,21,22,23). The van der Waals surface area contributed by atoms with Gasteiger partial charge in [0.15, 0.2) is 11.5 Å². The zero-order chi connectivity index (χ0) is 19.8. The molecule has 8 nitrogen and oxygen atoms in total. The van der Waals surface area contributed by atoms with E-state index in [4.69, 9.17) is 14.2 Å². The third kappa shape index (κ3) is 5.22. The van der Waals surface area contributed by atoms with Gasteiger partial charge in [-0.05, 0) is 19.4 Å². The first-order valence-corrected chi connectivity index (χ1v) is 8.73. The Labute approximate surface area is 159 Å². The van der Waals surface area contributed by atoms with Gasteiger partial charge in [0.05, 0.1) is 21.3 Å². The highest BCUT2D eigenvalue weighted by Gasteiger charge is 2.15. The maximum absolute atomic E-state index is 12.3. The molecule has 1 amide bonds. The van der Waals surface area contributed by atoms with Crippen LogP contribution in [0.4, 0.5) is 11.6 Å². The van der Waals surface area contributed by atoms with Crippen molar-refractivity contribution in [3.63, 3.8) is 0 Å². The van der Waals surface area contributed by atoms with Gasteiger partial charge in [-0.25, -0.2) is 9.97 Å². The van der Waals surface area contributed by atoms with E-state index in [-0.39, 0.29) is 5.91 Å². The van der Waals surface area contributed by atoms with Crippen molar-refractivity contribution in [3.8, 4) is 17.2 Å². The first kappa shape index (κ1) is 20.3. The summed E-state index contributed by atoms with van der Waals surface area (Å²) in [5, 5.41) is 5.95. The van der Waals surface area contributed by atoms with Crippen LogP contribution in [0.15, 0.2) is 18.2 Å². The second-order valence-electron chi connectivity index (χ2n) is 5.87. The van der Waals surface area contributed by atoms with Crippen LogP contribution in [0, 0.1) is 6.92 Å². The predicted molar refractivity (Wildman–Crippen MR) is 103 cm³/mol. The van der Waals surface area contributed by atoms with E-state index < -0.39 is 0 Å². The molecule has 0 saturated carbocycles. The van der Waals surface area contributed by atoms with Crippen molar-refractivity contribution in [3.05, 3.63) is 29.6 Å². The van der Waals surface area contributed by atoms with E-state index in [1.165, 1.54) is 0 Å². The number of anilines is 2. The summed E-state index contributed by atoms with van der Waals surface area (Å²) in [5.41, 5.74) is 1.64. The zero-order valence-corrected chi connectivity index (χ0v) is 16.4. The highest BCUT2D eigenvalue weighted by Crippen LogP contribution is 2.40. The van der Waals surface area contributed by atoms with Gasteiger partial charge < -0.3 is 24.8 Å². The number of carbonyl (C=O) groups is 1. The Hall–Kier alpha value is -3.03. The molecule has 0 aliphatic heterocycles. The summed E-state index contributed by atoms with van der Waals surface area (Å²) in [4.78, 5) is 20.9. The summed E-state index contributed by atoms with van der Waals surface area (Å²) < 4.78 is 16.0. The van der Waals surface area contributed by atoms with Crippen LogP contribution in [0.25, 0.3) is 0 Å². The number of carbonyl (C=O) groups excluding carboxylic acids is 1. The molecule has 0 radical (unpaired) electrons. The Morgan fingerprint density at radius 2 is 1.70 bits per heavy atom. The SMILES string of the molecule is CCCCNC(=O)c1cc(C)nc(Nc2cc(OC)c(OC)c(OC)c2)n1. The molecule has 0 aliphatic rings. The Morgan fingerprint density at radius 1 is 1.04 bits per heavy atom. The van der Waals surface area contributed by atoms with Gasteiger partial charge in [-0.1, -0.05) is 13.3 Å². The van der Waals surface area contributed by atoms with Gasteiger partial charge in [0.2, 0.25) is 11.7 Å². The molecular weight excluding hydrogens is 348 g/mol. The Kier molecular flexibility index (Phi) is 7.22. The van der Waals surface area contributed by atoms with Crippen LogP contribution in [-0.4, -0.2) is 43.7 Å². The number of methoxy groups -OCH3 is 3. The summed E-state index contributed by atoms with van der Waals surface area (Å²) in [6.45, 7) is 4.50. The Balaban J connectivity index is 2.28. The summed E-state index contributed by atoms with van der Waals surface area (Å²) >= 11 is 0. The molecule has 0 fully saturated rings. The van der Waals surface area contributed by atoms with Crippen molar-refractivity contribution in [1.29, 1.82) is 0 Å². The summed E-state index contributed by atoms with van der Waals surface area (Å²) in [5.74, 6) is 1.59. The van der Waals surface area contributed by atoms with Crippen LogP contribution in [0.3, 0.4) is 0 Å². The minimum Gasteiger partial charge on any atom is -0.493 e. The van der Waals surface area contributed by atoms with Crippen molar-refractivity contribution in [2.45, 2.75) is 26.7 Å². The van der Waals surface area contributed by atoms with Crippen molar-refractivity contribution in [2.24, 2.45) is 0 Å². The molecule has 2 N–H and O–H groups in total. The van der Waals surface area contributed by atoms with Crippen LogP contribution < -0.4 is 24.8 Å². The average molecular weight is 374 g/mol. The normalized spacial score (nSPS) is 10.3. The van der Waals surface area contributed by atoms with Gasteiger partial charge in [0.1, 0.15) is 5.69 Å². The first-order chi connectivity index (χ1) is 13.0. The molecule has 0 unspecified atom stereocenters. The molecule has 146 valence electrons. The molecular formula is C19H26N4O4. The van der Waals surface area contributed by atoms with Crippen LogP contribution >= 0.6 is 0 Å². The molecule has 0 bridgehead atoms. The predicted octanol–water partition coefficient (Wildman–Crippen LogP) is 3.08. The number of aromatic nitrogens is 2. The highest BCUT2D eigenvalue weighted by atomic mass is 16.5. The molecule has 27 heavy (non-hydrogen) atoms. The topological polar surface area (TPSA) is 94.6 Å². The number of aryl methyl sites for hydroxylation is 1. The fourth-order valence-electron chi connectivity index (χ4n) is 2.49. The van der Waals surface area contributed by atoms with Crippen molar-refractivity contribution in [1.82, 2.24) is 15.3 Å². The Bertz CT molecular complexity index is 770. The van der Waals surface area contributed by atoms with Crippen LogP contribution in [0.1, 0.15) is 35.9 Å². The summed E-state index contributed by atoms with van der Waals surface area (Å²) in [7, 11) is 4.63. The lowest BCUT2D eigenvalue weighted by molar-refractivity contribution is 0.0948. The van der Waals surface area contributed by atoms with Crippen molar-refractivity contribution < 1.29 is 19.0 Å². The van der Waals surface area contributed by atoms with E-state index in [1.54, 1.807) is 39.5 Å². The van der Waals surface area contributed by atoms with Gasteiger partial charge in [0, 0.05) is 30.1 Å². The minimum absolute atomic E-state index is 0.220. The highest BCUT2D eigenvalue weighted by molar-refractivity contribution is 5.92. The largest absolute Gasteiger partial charge is 0.493 e. The molecule has 0 aliphatic carbocycles. The molecule has 2 rings (SSSR count). The zero-order valence-electron chi connectivity index (χ0n) is 16.4. The van der Waals surface area contributed by atoms with E-state index >= 15 is 0 Å². The number of hydrogen-bond donors (Lipinski definition) is 2. The number of benzene rings is 1. The second-order valence-corrected chi connectivity index (χ2v) is 5.87. The number of nitrogens with one attached hydrogen (secondary N) is 2. The van der Waals surface area contributed by atoms with E-state index in [9.17, 15) is 4.79 Å². The lowest BCUT2D eigenvalue weighted by atomic mass is 10.2. The minimum atomic E-state index is -0.220. The van der Waals surface area contributed by atoms with Crippen molar-refractivity contribution in [2.75, 3.05) is 33.2 Å². The number of ether oxygens (including phenoxy) is 3. The average Bonchev–Trinajstić information content (AvgIpc) is 2.66. The lowest BCUT2D eigenvalue weighted by Crippen LogP contribution is -2.25. The Morgan fingerprint density at radius 3 is 2.26 bits per heavy atom. The molecule has 1 aromatic heterocycles. The smallest absolute Gasteiger partial charge is 0.270 e. The lowest BCUT2D eigenvalue weighted by Gasteiger charge is -2.15. The van der Waals surface area contributed by atoms with Crippen molar-refractivity contribution >= 4 is 17.5 Å². The number of unbranched alkanes of at least 4 members (excludes halogenated alkanes) is 1. The van der Waals surface area contributed by atoms with E-state index in [0.29, 0.717) is 46.8 Å². The fourth-order valence-corrected chi connectivity index (χ4v) is 2.49. The summed E-state index contributed by atoms with van der Waals surface area (Å²) in [6, 6.07) is 5.14. The molecule has 0 spiro atoms. The fraction of sp³-hybridized carbons (Fsp3) is 0.421. The van der Waals surface area contributed by atoms with E-state index in [1.807, 2.05) is 6.92 Å². The van der Waals surface area contributed by atoms with Crippen LogP contribution in [0.5, 0.6) is 17.2 Å². The third-order valence-corrected chi connectivity index (χ3v) is 3.82. The number of hydrogen-bond acceptors (Lipinski definition) is 7. The second kappa shape index (κ2) is 9.61. The van der Waals surface area contributed by atoms with Gasteiger partial charge >= 0.3 is 0 Å². The maximum Gasteiger partial charge on any atom is 0.270 e. The number of amides is 1. The summed E-state index contributed by atoms with van der Waals surface area (Å²) in [6.07, 6.45) is 1.93. The van der Waals surface area contributed by atoms with E-state index in [0.717, 1.165) is 12.8 Å². The van der Waals surface area contributed by atoms with Gasteiger partial charge in [-0.3, -0.25) is 4.79 Å². The number of rotatable bonds is 9. The maximum atomic E-state index is 12.3. The van der Waals surface area contributed by atoms with Crippen LogP contribution in [-0.2, 0) is 0 Å². The number of nitrogens with zero attached hydrogens (tertiary/aromatic N) is 2. The van der Waals surface area contributed by atoms with Gasteiger partial charge in [-0.15, -0.1) is 0 Å².